The molecule has 2 aliphatic heterocycles. The van der Waals surface area contributed by atoms with Crippen molar-refractivity contribution in [2.24, 2.45) is 34.5 Å². The first-order valence-corrected chi connectivity index (χ1v) is 9.61. The highest BCUT2D eigenvalue weighted by Crippen LogP contribution is 2.70. The van der Waals surface area contributed by atoms with Gasteiger partial charge in [0.2, 0.25) is 5.76 Å². The first-order chi connectivity index (χ1) is 11.7. The second kappa shape index (κ2) is 4.48. The topological polar surface area (TPSA) is 72.8 Å². The van der Waals surface area contributed by atoms with Gasteiger partial charge in [0.05, 0.1) is 0 Å². The summed E-state index contributed by atoms with van der Waals surface area (Å²) >= 11 is 0. The van der Waals surface area contributed by atoms with Gasteiger partial charge in [-0.05, 0) is 81.1 Å². The zero-order valence-electron chi connectivity index (χ0n) is 15.1. The van der Waals surface area contributed by atoms with Crippen molar-refractivity contribution in [3.63, 3.8) is 0 Å². The number of hydrogen-bond acceptors (Lipinski definition) is 5. The Balaban J connectivity index is 1.55. The normalized spacial score (nSPS) is 53.0. The number of esters is 1. The molecular weight excluding hydrogens is 320 g/mol. The summed E-state index contributed by atoms with van der Waals surface area (Å²) in [5.41, 5.74) is 0.387. The molecule has 3 aliphatic carbocycles. The van der Waals surface area contributed by atoms with Crippen LogP contribution in [0.15, 0.2) is 11.3 Å². The quantitative estimate of drug-likeness (QED) is 0.739. The minimum absolute atomic E-state index is 0.0752. The maximum absolute atomic E-state index is 12.2. The summed E-state index contributed by atoms with van der Waals surface area (Å²) in [5, 5.41) is 11.0. The Bertz CT molecular complexity index is 726. The number of rotatable bonds is 1. The lowest BCUT2D eigenvalue weighted by atomic mass is 9.47. The number of hydrogen-bond donors (Lipinski definition) is 1. The van der Waals surface area contributed by atoms with Crippen molar-refractivity contribution in [2.45, 2.75) is 65.3 Å². The van der Waals surface area contributed by atoms with Crippen LogP contribution < -0.4 is 0 Å². The second-order valence-electron chi connectivity index (χ2n) is 9.28. The monoisotopic (exact) mass is 346 g/mol. The molecule has 136 valence electrons. The van der Waals surface area contributed by atoms with Crippen molar-refractivity contribution in [1.29, 1.82) is 0 Å². The van der Waals surface area contributed by atoms with Gasteiger partial charge in [-0.25, -0.2) is 4.79 Å². The largest absolute Gasteiger partial charge is 0.422 e. The number of Topliss-reactive ketones (excluding diaryl/α,β-unsaturated/α-hetero) is 1. The molecular formula is C20H26O5. The van der Waals surface area contributed by atoms with E-state index < -0.39 is 17.4 Å². The molecule has 25 heavy (non-hydrogen) atoms. The fourth-order valence-corrected chi connectivity index (χ4v) is 7.41. The lowest BCUT2D eigenvalue weighted by Crippen LogP contribution is -2.59. The lowest BCUT2D eigenvalue weighted by molar-refractivity contribution is -0.349. The minimum atomic E-state index is -1.83. The van der Waals surface area contributed by atoms with Gasteiger partial charge in [0.1, 0.15) is 11.2 Å². The van der Waals surface area contributed by atoms with Gasteiger partial charge in [0.25, 0.3) is 0 Å². The molecule has 3 saturated carbocycles. The van der Waals surface area contributed by atoms with Crippen LogP contribution in [0, 0.1) is 34.5 Å². The third kappa shape index (κ3) is 1.60. The van der Waals surface area contributed by atoms with Crippen LogP contribution in [-0.2, 0) is 19.1 Å². The highest BCUT2D eigenvalue weighted by molar-refractivity contribution is 5.91. The highest BCUT2D eigenvalue weighted by Gasteiger charge is 2.74. The Morgan fingerprint density at radius 3 is 2.60 bits per heavy atom. The zero-order chi connectivity index (χ0) is 17.8. The third-order valence-corrected chi connectivity index (χ3v) is 8.61. The summed E-state index contributed by atoms with van der Waals surface area (Å²) in [7, 11) is 0. The molecule has 0 amide bonds. The molecule has 0 radical (unpaired) electrons. The predicted molar refractivity (Wildman–Crippen MR) is 87.7 cm³/mol. The average molecular weight is 346 g/mol. The minimum Gasteiger partial charge on any atom is -0.422 e. The van der Waals surface area contributed by atoms with Crippen molar-refractivity contribution in [3.05, 3.63) is 11.3 Å². The van der Waals surface area contributed by atoms with E-state index in [1.807, 2.05) is 6.92 Å². The molecule has 5 aliphatic rings. The van der Waals surface area contributed by atoms with E-state index in [0.717, 1.165) is 44.1 Å². The van der Waals surface area contributed by atoms with E-state index in [1.165, 1.54) is 0 Å². The Hall–Kier alpha value is -1.36. The second-order valence-corrected chi connectivity index (χ2v) is 9.28. The molecule has 0 spiro atoms. The molecule has 2 heterocycles. The lowest BCUT2D eigenvalue weighted by Gasteiger charge is -2.57. The highest BCUT2D eigenvalue weighted by atomic mass is 16.9. The van der Waals surface area contributed by atoms with Gasteiger partial charge >= 0.3 is 11.9 Å². The van der Waals surface area contributed by atoms with Gasteiger partial charge in [0.15, 0.2) is 0 Å². The van der Waals surface area contributed by atoms with E-state index in [4.69, 9.17) is 9.47 Å². The average Bonchev–Trinajstić information content (AvgIpc) is 3.11. The van der Waals surface area contributed by atoms with E-state index in [2.05, 4.69) is 6.92 Å². The predicted octanol–water partition coefficient (Wildman–Crippen LogP) is 2.92. The molecule has 0 aromatic heterocycles. The smallest absolute Gasteiger partial charge is 0.381 e. The summed E-state index contributed by atoms with van der Waals surface area (Å²) < 4.78 is 10.8. The van der Waals surface area contributed by atoms with Crippen molar-refractivity contribution in [3.8, 4) is 0 Å². The fraction of sp³-hybridized carbons (Fsp3) is 0.800. The van der Waals surface area contributed by atoms with Crippen molar-refractivity contribution >= 4 is 11.8 Å². The summed E-state index contributed by atoms with van der Waals surface area (Å²) in [5.74, 6) is -0.422. The van der Waals surface area contributed by atoms with Crippen molar-refractivity contribution in [1.82, 2.24) is 0 Å². The number of aliphatic hydroxyl groups is 1. The Morgan fingerprint density at radius 2 is 1.88 bits per heavy atom. The van der Waals surface area contributed by atoms with E-state index >= 15 is 0 Å². The molecule has 2 bridgehead atoms. The van der Waals surface area contributed by atoms with Crippen LogP contribution in [0.5, 0.6) is 0 Å². The molecule has 1 N–H and O–H groups in total. The number of fused-ring (bicyclic) bond motifs is 8. The summed E-state index contributed by atoms with van der Waals surface area (Å²) in [6, 6.07) is 0. The summed E-state index contributed by atoms with van der Waals surface area (Å²) in [6.45, 7) is 6.05. The molecule has 1 saturated heterocycles. The van der Waals surface area contributed by atoms with Gasteiger partial charge in [0, 0.05) is 5.92 Å². The van der Waals surface area contributed by atoms with E-state index in [1.54, 1.807) is 6.92 Å². The maximum atomic E-state index is 12.2. The standard InChI is InChI=1S/C20H26O5/c1-10(21)12-6-7-13-11-4-5-15-16-17(22)25-20(23,24-16)19(15,3)14(11)8-9-18(12,13)2/h11-14,23H,4-9H2,1-3H3/t11-,12+,13-,14-,18+,19+,20?/m0/s1. The Kier molecular flexibility index (Phi) is 2.84. The van der Waals surface area contributed by atoms with Gasteiger partial charge in [-0.3, -0.25) is 4.79 Å². The summed E-state index contributed by atoms with van der Waals surface area (Å²) in [4.78, 5) is 24.1. The van der Waals surface area contributed by atoms with Crippen molar-refractivity contribution < 1.29 is 24.2 Å². The first-order valence-electron chi connectivity index (χ1n) is 9.61. The van der Waals surface area contributed by atoms with Gasteiger partial charge in [-0.1, -0.05) is 6.92 Å². The van der Waals surface area contributed by atoms with Gasteiger partial charge < -0.3 is 14.6 Å². The number of ether oxygens (including phenoxy) is 2. The molecule has 5 nitrogen and oxygen atoms in total. The summed E-state index contributed by atoms with van der Waals surface area (Å²) in [6.07, 6.45) is 5.80. The van der Waals surface area contributed by atoms with Crippen LogP contribution in [0.3, 0.4) is 0 Å². The SMILES string of the molecule is CC(=O)[C@H]1CC[C@H]2[C@@H]3CCC4=C5OC(O)(OC5=O)[C@]4(C)[C@H]3CC[C@]12C. The first kappa shape index (κ1) is 15.9. The molecule has 7 atom stereocenters. The Labute approximate surface area is 147 Å². The van der Waals surface area contributed by atoms with Crippen molar-refractivity contribution in [2.75, 3.05) is 0 Å². The molecule has 0 aromatic carbocycles. The number of carbonyl (C=O) groups is 2. The van der Waals surface area contributed by atoms with Gasteiger partial charge in [-0.2, -0.15) is 0 Å². The number of ketones is 1. The van der Waals surface area contributed by atoms with Crippen LogP contribution in [0.4, 0.5) is 0 Å². The Morgan fingerprint density at radius 1 is 1.12 bits per heavy atom. The molecule has 0 aromatic rings. The van der Waals surface area contributed by atoms with Crippen LogP contribution in [0.2, 0.25) is 0 Å². The van der Waals surface area contributed by atoms with Crippen LogP contribution in [-0.4, -0.2) is 22.8 Å². The molecule has 4 fully saturated rings. The zero-order valence-corrected chi connectivity index (χ0v) is 15.1. The number of carbonyl (C=O) groups excluding carboxylic acids is 2. The maximum Gasteiger partial charge on any atom is 0.381 e. The molecule has 1 unspecified atom stereocenters. The van der Waals surface area contributed by atoms with Gasteiger partial charge in [-0.15, -0.1) is 0 Å². The third-order valence-electron chi connectivity index (χ3n) is 8.61. The van der Waals surface area contributed by atoms with Crippen LogP contribution >= 0.6 is 0 Å². The van der Waals surface area contributed by atoms with E-state index in [-0.39, 0.29) is 23.0 Å². The van der Waals surface area contributed by atoms with Crippen LogP contribution in [0.25, 0.3) is 0 Å². The molecule has 5 heteroatoms. The molecule has 5 rings (SSSR count). The van der Waals surface area contributed by atoms with E-state index in [9.17, 15) is 14.7 Å². The van der Waals surface area contributed by atoms with E-state index in [0.29, 0.717) is 17.6 Å². The fourth-order valence-electron chi connectivity index (χ4n) is 7.41. The van der Waals surface area contributed by atoms with Crippen LogP contribution in [0.1, 0.15) is 59.3 Å².